The topological polar surface area (TPSA) is 21.6 Å². The molecule has 0 unspecified atom stereocenters. The number of ether oxygens (including phenoxy) is 1. The van der Waals surface area contributed by atoms with Crippen molar-refractivity contribution in [2.24, 2.45) is 4.99 Å². The SMILES string of the molecule is Fc1cccc(SC(CC(=Nc2ccc(Cl)c(Cl)c2)Oc2ccccc2C(Cl)(Cl)Cl)Sc2cccc(F)c2)c1. The number of rotatable bonds is 8. The fourth-order valence-corrected chi connectivity index (χ4v) is 6.71. The predicted octanol–water partition coefficient (Wildman–Crippen LogP) is 11.5. The van der Waals surface area contributed by atoms with E-state index in [2.05, 4.69) is 4.99 Å². The number of nitrogens with zero attached hydrogens (tertiary/aromatic N) is 1. The van der Waals surface area contributed by atoms with Crippen LogP contribution in [0.5, 0.6) is 5.75 Å². The number of thioether (sulfide) groups is 2. The average Bonchev–Trinajstić information content (AvgIpc) is 2.86. The van der Waals surface area contributed by atoms with E-state index in [0.717, 1.165) is 0 Å². The van der Waals surface area contributed by atoms with Crippen LogP contribution in [0.3, 0.4) is 0 Å². The molecule has 0 heterocycles. The number of aliphatic imine (C=N–C) groups is 1. The predicted molar refractivity (Wildman–Crippen MR) is 163 cm³/mol. The minimum absolute atomic E-state index is 0.219. The van der Waals surface area contributed by atoms with Crippen LogP contribution in [-0.2, 0) is 3.79 Å². The fourth-order valence-electron chi connectivity index (χ4n) is 3.36. The maximum absolute atomic E-state index is 14.0. The van der Waals surface area contributed by atoms with Crippen LogP contribution in [0.15, 0.2) is 106 Å². The quantitative estimate of drug-likeness (QED) is 0.0616. The molecule has 0 fully saturated rings. The van der Waals surface area contributed by atoms with E-state index < -0.39 is 3.79 Å². The highest BCUT2D eigenvalue weighted by Crippen LogP contribution is 2.44. The molecule has 0 aromatic heterocycles. The molecule has 0 atom stereocenters. The van der Waals surface area contributed by atoms with E-state index in [0.29, 0.717) is 36.8 Å². The zero-order valence-corrected chi connectivity index (χ0v) is 25.2. The summed E-state index contributed by atoms with van der Waals surface area (Å²) in [7, 11) is 0. The summed E-state index contributed by atoms with van der Waals surface area (Å²) in [6, 6.07) is 24.1. The number of para-hydroxylation sites is 1. The first-order chi connectivity index (χ1) is 18.6. The first-order valence-electron chi connectivity index (χ1n) is 11.3. The van der Waals surface area contributed by atoms with Gasteiger partial charge < -0.3 is 4.74 Å². The Morgan fingerprint density at radius 3 is 1.95 bits per heavy atom. The van der Waals surface area contributed by atoms with Gasteiger partial charge in [-0.2, -0.15) is 0 Å². The van der Waals surface area contributed by atoms with E-state index in [1.165, 1.54) is 47.8 Å². The summed E-state index contributed by atoms with van der Waals surface area (Å²) >= 11 is 33.7. The van der Waals surface area contributed by atoms with Gasteiger partial charge >= 0.3 is 0 Å². The van der Waals surface area contributed by atoms with Gasteiger partial charge in [-0.05, 0) is 60.7 Å². The Morgan fingerprint density at radius 1 is 0.769 bits per heavy atom. The van der Waals surface area contributed by atoms with Crippen LogP contribution in [0.25, 0.3) is 0 Å². The van der Waals surface area contributed by atoms with Crippen LogP contribution in [0.1, 0.15) is 12.0 Å². The van der Waals surface area contributed by atoms with Crippen molar-refractivity contribution in [3.63, 3.8) is 0 Å². The van der Waals surface area contributed by atoms with Crippen LogP contribution in [0.2, 0.25) is 10.0 Å². The molecule has 4 aromatic rings. The molecule has 0 N–H and O–H groups in total. The molecule has 0 bridgehead atoms. The van der Waals surface area contributed by atoms with Crippen LogP contribution in [-0.4, -0.2) is 10.5 Å². The van der Waals surface area contributed by atoms with E-state index in [1.54, 1.807) is 66.7 Å². The molecule has 0 saturated carbocycles. The zero-order valence-electron chi connectivity index (χ0n) is 19.8. The second kappa shape index (κ2) is 13.8. The largest absolute Gasteiger partial charge is 0.442 e. The number of hydrogen-bond acceptors (Lipinski definition) is 4. The molecule has 0 aliphatic rings. The highest BCUT2D eigenvalue weighted by Gasteiger charge is 2.28. The van der Waals surface area contributed by atoms with Crippen molar-refractivity contribution < 1.29 is 13.5 Å². The molecule has 39 heavy (non-hydrogen) atoms. The third-order valence-electron chi connectivity index (χ3n) is 5.05. The number of hydrogen-bond donors (Lipinski definition) is 0. The molecule has 4 rings (SSSR count). The summed E-state index contributed by atoms with van der Waals surface area (Å²) in [4.78, 5) is 6.04. The van der Waals surface area contributed by atoms with E-state index >= 15 is 0 Å². The summed E-state index contributed by atoms with van der Waals surface area (Å²) < 4.78 is 32.1. The average molecular weight is 664 g/mol. The third kappa shape index (κ3) is 9.19. The Kier molecular flexibility index (Phi) is 10.7. The molecule has 0 aliphatic carbocycles. The lowest BCUT2D eigenvalue weighted by atomic mass is 10.2. The molecule has 4 aromatic carbocycles. The highest BCUT2D eigenvalue weighted by molar-refractivity contribution is 8.17. The molecule has 11 heteroatoms. The van der Waals surface area contributed by atoms with Gasteiger partial charge in [-0.3, -0.25) is 0 Å². The standard InChI is InChI=1S/C28H18Cl5F2NOS2/c29-23-12-11-19(15-24(23)30)36-26(37-25-10-2-1-9-22(25)28(31,32)33)16-27(38-20-7-3-5-17(34)13-20)39-21-8-4-6-18(35)14-21/h1-15,27H,16H2. The van der Waals surface area contributed by atoms with Gasteiger partial charge in [0.05, 0.1) is 20.3 Å². The molecule has 0 amide bonds. The van der Waals surface area contributed by atoms with Crippen LogP contribution < -0.4 is 4.74 Å². The van der Waals surface area contributed by atoms with Gasteiger partial charge in [0.15, 0.2) is 5.90 Å². The Balaban J connectivity index is 1.73. The van der Waals surface area contributed by atoms with Gasteiger partial charge in [-0.25, -0.2) is 13.8 Å². The van der Waals surface area contributed by atoms with Crippen molar-refractivity contribution in [2.45, 2.75) is 24.6 Å². The zero-order chi connectivity index (χ0) is 28.0. The lowest BCUT2D eigenvalue weighted by Crippen LogP contribution is -2.16. The van der Waals surface area contributed by atoms with Crippen LogP contribution >= 0.6 is 81.5 Å². The third-order valence-corrected chi connectivity index (χ3v) is 8.88. The van der Waals surface area contributed by atoms with Gasteiger partial charge in [-0.15, -0.1) is 23.5 Å². The Bertz CT molecular complexity index is 1440. The molecule has 0 saturated heterocycles. The Labute approximate surface area is 258 Å². The second-order valence-electron chi connectivity index (χ2n) is 7.98. The summed E-state index contributed by atoms with van der Waals surface area (Å²) in [6.07, 6.45) is 0.219. The number of halogens is 7. The van der Waals surface area contributed by atoms with Crippen LogP contribution in [0, 0.1) is 11.6 Å². The van der Waals surface area contributed by atoms with Gasteiger partial charge in [0, 0.05) is 21.8 Å². The van der Waals surface area contributed by atoms with Gasteiger partial charge in [0.25, 0.3) is 0 Å². The first-order valence-corrected chi connectivity index (χ1v) is 14.9. The number of alkyl halides is 3. The normalized spacial score (nSPS) is 12.2. The van der Waals surface area contributed by atoms with Crippen molar-refractivity contribution in [1.29, 1.82) is 0 Å². The number of benzene rings is 4. The van der Waals surface area contributed by atoms with E-state index in [-0.39, 0.29) is 28.5 Å². The molecule has 0 spiro atoms. The van der Waals surface area contributed by atoms with Gasteiger partial charge in [0.1, 0.15) is 17.4 Å². The molecule has 0 radical (unpaired) electrons. The lowest BCUT2D eigenvalue weighted by Gasteiger charge is -2.21. The maximum Gasteiger partial charge on any atom is 0.219 e. The van der Waals surface area contributed by atoms with Gasteiger partial charge in [-0.1, -0.05) is 88.3 Å². The first kappa shape index (κ1) is 30.3. The highest BCUT2D eigenvalue weighted by atomic mass is 35.6. The molecular weight excluding hydrogens is 646 g/mol. The van der Waals surface area contributed by atoms with Crippen molar-refractivity contribution in [2.75, 3.05) is 0 Å². The maximum atomic E-state index is 14.0. The lowest BCUT2D eigenvalue weighted by molar-refractivity contribution is 0.529. The molecule has 0 aliphatic heterocycles. The van der Waals surface area contributed by atoms with Crippen molar-refractivity contribution in [1.82, 2.24) is 0 Å². The van der Waals surface area contributed by atoms with Gasteiger partial charge in [0.2, 0.25) is 3.79 Å². The minimum Gasteiger partial charge on any atom is -0.442 e. The molecule has 202 valence electrons. The summed E-state index contributed by atoms with van der Waals surface area (Å²) in [5.41, 5.74) is 0.806. The monoisotopic (exact) mass is 661 g/mol. The van der Waals surface area contributed by atoms with E-state index in [1.807, 2.05) is 0 Å². The molecule has 2 nitrogen and oxygen atoms in total. The van der Waals surface area contributed by atoms with Crippen molar-refractivity contribution in [3.05, 3.63) is 118 Å². The van der Waals surface area contributed by atoms with E-state index in [4.69, 9.17) is 62.7 Å². The minimum atomic E-state index is -1.75. The van der Waals surface area contributed by atoms with Crippen molar-refractivity contribution in [3.8, 4) is 5.75 Å². The van der Waals surface area contributed by atoms with Crippen molar-refractivity contribution >= 4 is 93.1 Å². The summed E-state index contributed by atoms with van der Waals surface area (Å²) in [5.74, 6) is -0.186. The van der Waals surface area contributed by atoms with Crippen LogP contribution in [0.4, 0.5) is 14.5 Å². The fraction of sp³-hybridized carbons (Fsp3) is 0.107. The molecular formula is C28H18Cl5F2NOS2. The second-order valence-corrected chi connectivity index (χ2v) is 13.9. The Hall–Kier alpha value is -1.64. The smallest absolute Gasteiger partial charge is 0.219 e. The van der Waals surface area contributed by atoms with E-state index in [9.17, 15) is 8.78 Å². The summed E-state index contributed by atoms with van der Waals surface area (Å²) in [6.45, 7) is 0. The Morgan fingerprint density at radius 2 is 1.38 bits per heavy atom. The summed E-state index contributed by atoms with van der Waals surface area (Å²) in [5, 5.41) is 0.694.